The van der Waals surface area contributed by atoms with Gasteiger partial charge in [0.25, 0.3) is 5.91 Å². The molecule has 0 unspecified atom stereocenters. The molecule has 7 nitrogen and oxygen atoms in total. The van der Waals surface area contributed by atoms with Gasteiger partial charge in [-0.15, -0.1) is 0 Å². The van der Waals surface area contributed by atoms with Crippen molar-refractivity contribution in [2.75, 3.05) is 19.7 Å². The summed E-state index contributed by atoms with van der Waals surface area (Å²) >= 11 is 0. The van der Waals surface area contributed by atoms with Gasteiger partial charge in [-0.25, -0.2) is 9.78 Å². The lowest BCUT2D eigenvalue weighted by Gasteiger charge is -2.40. The third-order valence-electron chi connectivity index (χ3n) is 5.51. The van der Waals surface area contributed by atoms with Gasteiger partial charge in [-0.3, -0.25) is 4.79 Å². The van der Waals surface area contributed by atoms with E-state index in [1.54, 1.807) is 34.9 Å². The molecule has 1 N–H and O–H groups in total. The number of hydrogen-bond acceptors (Lipinski definition) is 4. The van der Waals surface area contributed by atoms with Crippen LogP contribution in [0.3, 0.4) is 0 Å². The Morgan fingerprint density at radius 3 is 2.69 bits per heavy atom. The number of amides is 1. The first-order chi connectivity index (χ1) is 12.5. The number of nitrogens with zero attached hydrogens (tertiary/aromatic N) is 3. The van der Waals surface area contributed by atoms with E-state index in [0.29, 0.717) is 49.7 Å². The van der Waals surface area contributed by atoms with E-state index < -0.39 is 11.5 Å². The fraction of sp³-hybridized carbons (Fsp3) is 0.421. The number of para-hydroxylation sites is 1. The minimum atomic E-state index is -1.05. The molecule has 0 spiro atoms. The molecule has 0 atom stereocenters. The van der Waals surface area contributed by atoms with Crippen LogP contribution >= 0.6 is 0 Å². The molecule has 1 aromatic carbocycles. The molecule has 1 fully saturated rings. The molecule has 2 aliphatic rings. The minimum Gasteiger partial charge on any atom is -0.492 e. The van der Waals surface area contributed by atoms with Crippen molar-refractivity contribution in [2.45, 2.75) is 31.7 Å². The van der Waals surface area contributed by atoms with E-state index in [2.05, 4.69) is 4.98 Å². The first-order valence-corrected chi connectivity index (χ1v) is 8.81. The highest BCUT2D eigenvalue weighted by molar-refractivity contribution is 5.97. The summed E-state index contributed by atoms with van der Waals surface area (Å²) in [6.07, 6.45) is 4.84. The zero-order chi connectivity index (χ0) is 18.3. The van der Waals surface area contributed by atoms with E-state index in [1.165, 1.54) is 0 Å². The van der Waals surface area contributed by atoms with Crippen LogP contribution in [0.25, 0.3) is 0 Å². The Balaban J connectivity index is 1.57. The zero-order valence-corrected chi connectivity index (χ0v) is 14.6. The Morgan fingerprint density at radius 1 is 1.27 bits per heavy atom. The third kappa shape index (κ3) is 2.46. The van der Waals surface area contributed by atoms with Gasteiger partial charge in [-0.05, 0) is 31.4 Å². The van der Waals surface area contributed by atoms with Crippen molar-refractivity contribution < 1.29 is 19.4 Å². The first kappa shape index (κ1) is 16.6. The molecule has 136 valence electrons. The van der Waals surface area contributed by atoms with Crippen LogP contribution in [-0.4, -0.2) is 51.1 Å². The quantitative estimate of drug-likeness (QED) is 0.908. The first-order valence-electron chi connectivity index (χ1n) is 8.81. The van der Waals surface area contributed by atoms with Gasteiger partial charge in [0, 0.05) is 31.9 Å². The number of piperidine rings is 1. The fourth-order valence-electron chi connectivity index (χ4n) is 4.02. The van der Waals surface area contributed by atoms with Crippen molar-refractivity contribution in [3.05, 3.63) is 47.5 Å². The van der Waals surface area contributed by atoms with Gasteiger partial charge in [-0.2, -0.15) is 0 Å². The van der Waals surface area contributed by atoms with Crippen LogP contribution in [0.5, 0.6) is 5.75 Å². The van der Waals surface area contributed by atoms with Crippen LogP contribution in [0.4, 0.5) is 0 Å². The number of likely N-dealkylation sites (tertiary alicyclic amines) is 1. The van der Waals surface area contributed by atoms with E-state index >= 15 is 0 Å². The van der Waals surface area contributed by atoms with Crippen molar-refractivity contribution in [3.63, 3.8) is 0 Å². The second kappa shape index (κ2) is 6.16. The summed E-state index contributed by atoms with van der Waals surface area (Å²) in [6, 6.07) is 5.64. The molecular weight excluding hydrogens is 334 g/mol. The van der Waals surface area contributed by atoms with Gasteiger partial charge in [0.2, 0.25) is 0 Å². The van der Waals surface area contributed by atoms with E-state index in [0.717, 1.165) is 12.0 Å². The maximum absolute atomic E-state index is 13.0. The molecule has 1 aromatic heterocycles. The number of fused-ring (bicyclic) bond motifs is 1. The molecule has 2 aliphatic heterocycles. The van der Waals surface area contributed by atoms with Gasteiger partial charge in [0.05, 0.1) is 12.2 Å². The Bertz CT molecular complexity index is 865. The lowest BCUT2D eigenvalue weighted by Crippen LogP contribution is -2.52. The van der Waals surface area contributed by atoms with Crippen molar-refractivity contribution in [2.24, 2.45) is 0 Å². The van der Waals surface area contributed by atoms with Crippen LogP contribution in [-0.2, 0) is 16.8 Å². The summed E-state index contributed by atoms with van der Waals surface area (Å²) in [6.45, 7) is 3.16. The second-order valence-electron chi connectivity index (χ2n) is 6.87. The van der Waals surface area contributed by atoms with Crippen LogP contribution in [0, 0.1) is 6.92 Å². The van der Waals surface area contributed by atoms with E-state index in [-0.39, 0.29) is 5.91 Å². The van der Waals surface area contributed by atoms with E-state index in [9.17, 15) is 14.7 Å². The smallest absolute Gasteiger partial charge is 0.330 e. The molecule has 1 saturated heterocycles. The molecule has 0 bridgehead atoms. The molecule has 1 amide bonds. The summed E-state index contributed by atoms with van der Waals surface area (Å²) in [4.78, 5) is 30.9. The van der Waals surface area contributed by atoms with E-state index in [1.807, 2.05) is 12.1 Å². The number of carbonyl (C=O) groups excluding carboxylic acids is 1. The van der Waals surface area contributed by atoms with Gasteiger partial charge in [0.15, 0.2) is 0 Å². The van der Waals surface area contributed by atoms with Crippen LogP contribution in [0.1, 0.15) is 34.6 Å². The van der Waals surface area contributed by atoms with Crippen molar-refractivity contribution >= 4 is 11.9 Å². The lowest BCUT2D eigenvalue weighted by atomic mass is 9.86. The number of imidazole rings is 1. The molecule has 0 aliphatic carbocycles. The second-order valence-corrected chi connectivity index (χ2v) is 6.87. The summed E-state index contributed by atoms with van der Waals surface area (Å²) in [5.41, 5.74) is 0.579. The molecule has 7 heteroatoms. The van der Waals surface area contributed by atoms with Gasteiger partial charge >= 0.3 is 5.97 Å². The SMILES string of the molecule is Cc1nccn1C1(C(=O)O)CCN(C(=O)c2cccc3c2OCC3)CC1. The number of hydrogen-bond donors (Lipinski definition) is 1. The molecule has 0 saturated carbocycles. The van der Waals surface area contributed by atoms with Crippen LogP contribution in [0.15, 0.2) is 30.6 Å². The highest BCUT2D eigenvalue weighted by atomic mass is 16.5. The average Bonchev–Trinajstić information content (AvgIpc) is 3.29. The Hall–Kier alpha value is -2.83. The van der Waals surface area contributed by atoms with Gasteiger partial charge in [0.1, 0.15) is 17.1 Å². The number of carbonyl (C=O) groups is 2. The number of aromatic nitrogens is 2. The predicted octanol–water partition coefficient (Wildman–Crippen LogP) is 1.84. The number of carboxylic acid groups (broad SMARTS) is 1. The number of aryl methyl sites for hydroxylation is 1. The monoisotopic (exact) mass is 355 g/mol. The summed E-state index contributed by atoms with van der Waals surface area (Å²) in [5.74, 6) is 0.374. The highest BCUT2D eigenvalue weighted by Crippen LogP contribution is 2.34. The number of ether oxygens (including phenoxy) is 1. The molecule has 3 heterocycles. The maximum Gasteiger partial charge on any atom is 0.330 e. The summed E-state index contributed by atoms with van der Waals surface area (Å²) < 4.78 is 7.36. The third-order valence-corrected chi connectivity index (χ3v) is 5.51. The normalized spacial score (nSPS) is 18.3. The number of aliphatic carboxylic acids is 1. The standard InChI is InChI=1S/C19H21N3O4/c1-13-20-8-11-22(13)19(18(24)25)6-9-21(10-7-19)17(23)15-4-2-3-14-5-12-26-16(14)15/h2-4,8,11H,5-7,9-10,12H2,1H3,(H,24,25). The fourth-order valence-corrected chi connectivity index (χ4v) is 4.02. The van der Waals surface area contributed by atoms with Crippen molar-refractivity contribution in [1.82, 2.24) is 14.5 Å². The molecule has 2 aromatic rings. The van der Waals surface area contributed by atoms with Crippen molar-refractivity contribution in [3.8, 4) is 5.75 Å². The largest absolute Gasteiger partial charge is 0.492 e. The summed E-state index contributed by atoms with van der Waals surface area (Å²) in [5, 5.41) is 9.88. The minimum absolute atomic E-state index is 0.0925. The Labute approximate surface area is 151 Å². The highest BCUT2D eigenvalue weighted by Gasteiger charge is 2.45. The Kier molecular flexibility index (Phi) is 3.94. The van der Waals surface area contributed by atoms with Crippen molar-refractivity contribution in [1.29, 1.82) is 0 Å². The molecule has 4 rings (SSSR count). The van der Waals surface area contributed by atoms with E-state index in [4.69, 9.17) is 4.74 Å². The lowest BCUT2D eigenvalue weighted by molar-refractivity contribution is -0.150. The van der Waals surface area contributed by atoms with Crippen LogP contribution < -0.4 is 4.74 Å². The summed E-state index contributed by atoms with van der Waals surface area (Å²) in [7, 11) is 0. The maximum atomic E-state index is 13.0. The number of rotatable bonds is 3. The Morgan fingerprint density at radius 2 is 2.04 bits per heavy atom. The average molecular weight is 355 g/mol. The van der Waals surface area contributed by atoms with Crippen LogP contribution in [0.2, 0.25) is 0 Å². The molecule has 26 heavy (non-hydrogen) atoms. The molecule has 0 radical (unpaired) electrons. The topological polar surface area (TPSA) is 84.7 Å². The van der Waals surface area contributed by atoms with Gasteiger partial charge < -0.3 is 19.3 Å². The molecular formula is C19H21N3O4. The van der Waals surface area contributed by atoms with Gasteiger partial charge in [-0.1, -0.05) is 12.1 Å². The zero-order valence-electron chi connectivity index (χ0n) is 14.6. The number of carboxylic acids is 1. The number of benzene rings is 1. The predicted molar refractivity (Wildman–Crippen MR) is 93.4 cm³/mol.